The van der Waals surface area contributed by atoms with Crippen LogP contribution in [0.4, 0.5) is 5.69 Å². The van der Waals surface area contributed by atoms with Crippen molar-refractivity contribution >= 4 is 22.5 Å². The van der Waals surface area contributed by atoms with Crippen LogP contribution < -0.4 is 5.32 Å². The lowest BCUT2D eigenvalue weighted by Crippen LogP contribution is -2.28. The van der Waals surface area contributed by atoms with Gasteiger partial charge in [-0.05, 0) is 55.5 Å². The fraction of sp³-hybridized carbons (Fsp3) is 0.250. The SMILES string of the molecule is Cc1cccc(NC(=O)C2(c3c[nH]c4ccccc34)CC2)c1C. The molecule has 1 aromatic heterocycles. The van der Waals surface area contributed by atoms with E-state index in [2.05, 4.69) is 42.3 Å². The van der Waals surface area contributed by atoms with Gasteiger partial charge in [0.25, 0.3) is 0 Å². The number of amides is 1. The first-order valence-corrected chi connectivity index (χ1v) is 8.06. The molecular formula is C20H20N2O. The average Bonchev–Trinajstić information content (AvgIpc) is 3.25. The number of H-pyrrole nitrogens is 1. The summed E-state index contributed by atoms with van der Waals surface area (Å²) in [7, 11) is 0. The van der Waals surface area contributed by atoms with Crippen molar-refractivity contribution in [2.24, 2.45) is 0 Å². The van der Waals surface area contributed by atoms with E-state index >= 15 is 0 Å². The molecule has 0 unspecified atom stereocenters. The van der Waals surface area contributed by atoms with Gasteiger partial charge in [-0.15, -0.1) is 0 Å². The van der Waals surface area contributed by atoms with E-state index in [1.54, 1.807) is 0 Å². The molecule has 3 heteroatoms. The quantitative estimate of drug-likeness (QED) is 0.737. The summed E-state index contributed by atoms with van der Waals surface area (Å²) in [5.41, 5.74) is 5.08. The predicted octanol–water partition coefficient (Wildman–Crippen LogP) is 4.46. The smallest absolute Gasteiger partial charge is 0.235 e. The Morgan fingerprint density at radius 1 is 1.09 bits per heavy atom. The summed E-state index contributed by atoms with van der Waals surface area (Å²) in [6.45, 7) is 4.12. The molecule has 1 fully saturated rings. The summed E-state index contributed by atoms with van der Waals surface area (Å²) in [6.07, 6.45) is 3.82. The van der Waals surface area contributed by atoms with Crippen molar-refractivity contribution in [3.63, 3.8) is 0 Å². The van der Waals surface area contributed by atoms with Crippen molar-refractivity contribution in [3.8, 4) is 0 Å². The number of fused-ring (bicyclic) bond motifs is 1. The van der Waals surface area contributed by atoms with Gasteiger partial charge in [0.2, 0.25) is 5.91 Å². The Morgan fingerprint density at radius 3 is 2.65 bits per heavy atom. The van der Waals surface area contributed by atoms with Crippen molar-refractivity contribution in [1.29, 1.82) is 0 Å². The number of hydrogen-bond donors (Lipinski definition) is 2. The lowest BCUT2D eigenvalue weighted by molar-refractivity contribution is -0.118. The lowest BCUT2D eigenvalue weighted by Gasteiger charge is -2.17. The normalized spacial score (nSPS) is 15.6. The third kappa shape index (κ3) is 2.15. The third-order valence-corrected chi connectivity index (χ3v) is 5.14. The van der Waals surface area contributed by atoms with E-state index in [0.29, 0.717) is 0 Å². The molecule has 3 aromatic rings. The molecular weight excluding hydrogens is 284 g/mol. The van der Waals surface area contributed by atoms with E-state index in [1.165, 1.54) is 5.56 Å². The number of aromatic nitrogens is 1. The van der Waals surface area contributed by atoms with E-state index in [9.17, 15) is 4.79 Å². The highest BCUT2D eigenvalue weighted by Crippen LogP contribution is 2.51. The molecule has 1 heterocycles. The number of anilines is 1. The van der Waals surface area contributed by atoms with Gasteiger partial charge in [0, 0.05) is 22.8 Å². The number of aromatic amines is 1. The minimum Gasteiger partial charge on any atom is -0.361 e. The van der Waals surface area contributed by atoms with Crippen molar-refractivity contribution in [2.75, 3.05) is 5.32 Å². The van der Waals surface area contributed by atoms with Crippen molar-refractivity contribution in [3.05, 3.63) is 65.4 Å². The first-order valence-electron chi connectivity index (χ1n) is 8.06. The predicted molar refractivity (Wildman–Crippen MR) is 93.8 cm³/mol. The van der Waals surface area contributed by atoms with Gasteiger partial charge in [0.05, 0.1) is 5.41 Å². The maximum absolute atomic E-state index is 13.0. The average molecular weight is 304 g/mol. The molecule has 1 aliphatic rings. The molecule has 23 heavy (non-hydrogen) atoms. The third-order valence-electron chi connectivity index (χ3n) is 5.14. The molecule has 1 saturated carbocycles. The second-order valence-corrected chi connectivity index (χ2v) is 6.53. The molecule has 0 saturated heterocycles. The molecule has 0 radical (unpaired) electrons. The van der Waals surface area contributed by atoms with Crippen LogP contribution in [0.25, 0.3) is 10.9 Å². The fourth-order valence-electron chi connectivity index (χ4n) is 3.34. The highest BCUT2D eigenvalue weighted by molar-refractivity contribution is 6.04. The maximum atomic E-state index is 13.0. The molecule has 1 amide bonds. The first-order chi connectivity index (χ1) is 11.1. The highest BCUT2D eigenvalue weighted by Gasteiger charge is 2.52. The largest absolute Gasteiger partial charge is 0.361 e. The van der Waals surface area contributed by atoms with Gasteiger partial charge in [-0.2, -0.15) is 0 Å². The number of hydrogen-bond acceptors (Lipinski definition) is 1. The van der Waals surface area contributed by atoms with Crippen molar-refractivity contribution in [2.45, 2.75) is 32.1 Å². The van der Waals surface area contributed by atoms with Crippen LogP contribution in [0.3, 0.4) is 0 Å². The molecule has 3 nitrogen and oxygen atoms in total. The number of rotatable bonds is 3. The standard InChI is InChI=1S/C20H20N2O/c1-13-6-5-9-17(14(13)2)22-19(23)20(10-11-20)16-12-21-18-8-4-3-7-15(16)18/h3-9,12,21H,10-11H2,1-2H3,(H,22,23). The Labute approximate surface area is 135 Å². The van der Waals surface area contributed by atoms with Crippen LogP contribution in [0, 0.1) is 13.8 Å². The Hall–Kier alpha value is -2.55. The Bertz CT molecular complexity index is 903. The molecule has 0 atom stereocenters. The van der Waals surface area contributed by atoms with Crippen LogP contribution in [-0.2, 0) is 10.2 Å². The summed E-state index contributed by atoms with van der Waals surface area (Å²) in [4.78, 5) is 16.3. The maximum Gasteiger partial charge on any atom is 0.235 e. The molecule has 0 bridgehead atoms. The summed E-state index contributed by atoms with van der Waals surface area (Å²) in [6, 6.07) is 14.2. The molecule has 0 spiro atoms. The minimum absolute atomic E-state index is 0.107. The van der Waals surface area contributed by atoms with Gasteiger partial charge in [-0.1, -0.05) is 30.3 Å². The fourth-order valence-corrected chi connectivity index (χ4v) is 3.34. The Morgan fingerprint density at radius 2 is 1.87 bits per heavy atom. The highest BCUT2D eigenvalue weighted by atomic mass is 16.2. The second-order valence-electron chi connectivity index (χ2n) is 6.53. The zero-order valence-electron chi connectivity index (χ0n) is 13.4. The number of carbonyl (C=O) groups excluding carboxylic acids is 1. The van der Waals surface area contributed by atoms with E-state index in [-0.39, 0.29) is 11.3 Å². The molecule has 0 aliphatic heterocycles. The molecule has 2 N–H and O–H groups in total. The van der Waals surface area contributed by atoms with Crippen LogP contribution in [0.2, 0.25) is 0 Å². The molecule has 116 valence electrons. The summed E-state index contributed by atoms with van der Waals surface area (Å²) in [5.74, 6) is 0.107. The number of para-hydroxylation sites is 1. The van der Waals surface area contributed by atoms with E-state index < -0.39 is 0 Å². The van der Waals surface area contributed by atoms with E-state index in [1.807, 2.05) is 30.5 Å². The molecule has 1 aliphatic carbocycles. The van der Waals surface area contributed by atoms with Crippen LogP contribution in [0.15, 0.2) is 48.7 Å². The number of benzene rings is 2. The van der Waals surface area contributed by atoms with Crippen molar-refractivity contribution in [1.82, 2.24) is 4.98 Å². The molecule has 2 aromatic carbocycles. The second kappa shape index (κ2) is 4.98. The Kier molecular flexibility index (Phi) is 3.05. The van der Waals surface area contributed by atoms with Gasteiger partial charge in [-0.25, -0.2) is 0 Å². The van der Waals surface area contributed by atoms with Gasteiger partial charge in [0.1, 0.15) is 0 Å². The topological polar surface area (TPSA) is 44.9 Å². The van der Waals surface area contributed by atoms with E-state index in [4.69, 9.17) is 0 Å². The van der Waals surface area contributed by atoms with Gasteiger partial charge in [0.15, 0.2) is 0 Å². The van der Waals surface area contributed by atoms with Crippen LogP contribution in [0.5, 0.6) is 0 Å². The summed E-state index contributed by atoms with van der Waals surface area (Å²) < 4.78 is 0. The number of aryl methyl sites for hydroxylation is 1. The van der Waals surface area contributed by atoms with Gasteiger partial charge >= 0.3 is 0 Å². The van der Waals surface area contributed by atoms with Crippen LogP contribution in [0.1, 0.15) is 29.5 Å². The minimum atomic E-state index is -0.379. The Balaban J connectivity index is 1.69. The van der Waals surface area contributed by atoms with E-state index in [0.717, 1.165) is 40.6 Å². The van der Waals surface area contributed by atoms with Crippen LogP contribution in [-0.4, -0.2) is 10.9 Å². The first kappa shape index (κ1) is 14.1. The monoisotopic (exact) mass is 304 g/mol. The zero-order chi connectivity index (χ0) is 16.0. The number of carbonyl (C=O) groups is 1. The summed E-state index contributed by atoms with van der Waals surface area (Å²) >= 11 is 0. The molecule has 4 rings (SSSR count). The van der Waals surface area contributed by atoms with Gasteiger partial charge < -0.3 is 10.3 Å². The summed E-state index contributed by atoms with van der Waals surface area (Å²) in [5, 5.41) is 4.31. The zero-order valence-corrected chi connectivity index (χ0v) is 13.4. The lowest BCUT2D eigenvalue weighted by atomic mass is 9.94. The van der Waals surface area contributed by atoms with Gasteiger partial charge in [-0.3, -0.25) is 4.79 Å². The van der Waals surface area contributed by atoms with Crippen LogP contribution >= 0.6 is 0 Å². The number of nitrogens with one attached hydrogen (secondary N) is 2. The van der Waals surface area contributed by atoms with Crippen molar-refractivity contribution < 1.29 is 4.79 Å².